The van der Waals surface area contributed by atoms with E-state index in [1.165, 1.54) is 33.8 Å². The van der Waals surface area contributed by atoms with Gasteiger partial charge in [-0.25, -0.2) is 0 Å². The zero-order valence-electron chi connectivity index (χ0n) is 18.9. The Bertz CT molecular complexity index is 1320. The summed E-state index contributed by atoms with van der Waals surface area (Å²) in [5.41, 5.74) is 6.13. The van der Waals surface area contributed by atoms with Crippen molar-refractivity contribution < 1.29 is 14.3 Å². The average molecular weight is 451 g/mol. The Balaban J connectivity index is 1.51. The number of aromatic nitrogens is 3. The molecule has 2 aromatic heterocycles. The molecule has 0 fully saturated rings. The van der Waals surface area contributed by atoms with Gasteiger partial charge in [0.2, 0.25) is 5.91 Å². The molecular weight excluding hydrogens is 424 g/mol. The highest BCUT2D eigenvalue weighted by Gasteiger charge is 2.15. The minimum Gasteiger partial charge on any atom is -0.497 e. The lowest BCUT2D eigenvalue weighted by atomic mass is 10.0. The quantitative estimate of drug-likeness (QED) is 0.402. The number of carbonyl (C=O) groups excluding carboxylic acids is 1. The number of hydrogen-bond donors (Lipinski definition) is 1. The van der Waals surface area contributed by atoms with E-state index in [-0.39, 0.29) is 5.91 Å². The molecule has 1 amide bonds. The molecule has 0 aliphatic carbocycles. The minimum absolute atomic E-state index is 0.0951. The number of thioether (sulfide) groups is 1. The van der Waals surface area contributed by atoms with Gasteiger partial charge in [-0.1, -0.05) is 23.4 Å². The molecule has 0 aliphatic rings. The van der Waals surface area contributed by atoms with E-state index in [0.717, 1.165) is 16.3 Å². The molecule has 4 rings (SSSR count). The largest absolute Gasteiger partial charge is 0.497 e. The Morgan fingerprint density at radius 2 is 1.84 bits per heavy atom. The number of benzene rings is 2. The van der Waals surface area contributed by atoms with Gasteiger partial charge in [-0.3, -0.25) is 9.20 Å². The van der Waals surface area contributed by atoms with Crippen LogP contribution in [-0.4, -0.2) is 40.5 Å². The fourth-order valence-corrected chi connectivity index (χ4v) is 4.74. The monoisotopic (exact) mass is 450 g/mol. The first-order valence-corrected chi connectivity index (χ1v) is 11.3. The van der Waals surface area contributed by atoms with Gasteiger partial charge in [0.05, 0.1) is 25.4 Å². The third-order valence-corrected chi connectivity index (χ3v) is 6.27. The van der Waals surface area contributed by atoms with E-state index in [4.69, 9.17) is 9.47 Å². The van der Waals surface area contributed by atoms with Gasteiger partial charge in [-0.2, -0.15) is 0 Å². The third kappa shape index (κ3) is 4.23. The van der Waals surface area contributed by atoms with Crippen LogP contribution < -0.4 is 14.8 Å². The fourth-order valence-electron chi connectivity index (χ4n) is 3.86. The highest BCUT2D eigenvalue weighted by molar-refractivity contribution is 7.99. The number of nitrogens with zero attached hydrogens (tertiary/aromatic N) is 3. The second-order valence-corrected chi connectivity index (χ2v) is 8.76. The van der Waals surface area contributed by atoms with E-state index in [2.05, 4.69) is 58.9 Å². The van der Waals surface area contributed by atoms with Gasteiger partial charge in [0.15, 0.2) is 10.8 Å². The maximum atomic E-state index is 12.5. The molecule has 0 unspecified atom stereocenters. The van der Waals surface area contributed by atoms with Crippen molar-refractivity contribution in [2.24, 2.45) is 0 Å². The first-order valence-electron chi connectivity index (χ1n) is 10.3. The maximum absolute atomic E-state index is 12.5. The van der Waals surface area contributed by atoms with Gasteiger partial charge in [-0.15, -0.1) is 10.2 Å². The number of aryl methyl sites for hydroxylation is 3. The summed E-state index contributed by atoms with van der Waals surface area (Å²) in [5.74, 6) is 1.71. The predicted molar refractivity (Wildman–Crippen MR) is 128 cm³/mol. The normalized spacial score (nSPS) is 11.2. The zero-order chi connectivity index (χ0) is 22.8. The number of pyridine rings is 1. The third-order valence-electron chi connectivity index (χ3n) is 5.34. The van der Waals surface area contributed by atoms with E-state index >= 15 is 0 Å². The molecule has 32 heavy (non-hydrogen) atoms. The minimum atomic E-state index is -0.0951. The molecule has 166 valence electrons. The fraction of sp³-hybridized carbons (Fsp3) is 0.292. The number of carbonyl (C=O) groups is 1. The molecule has 7 nitrogen and oxygen atoms in total. The van der Waals surface area contributed by atoms with Crippen LogP contribution in [0.25, 0.3) is 16.6 Å². The topological polar surface area (TPSA) is 77.8 Å². The molecule has 0 aliphatic heterocycles. The average Bonchev–Trinajstić information content (AvgIpc) is 3.16. The first kappa shape index (κ1) is 22.0. The molecule has 4 aromatic rings. The second-order valence-electron chi connectivity index (χ2n) is 7.69. The summed E-state index contributed by atoms with van der Waals surface area (Å²) in [4.78, 5) is 12.5. The van der Waals surface area contributed by atoms with Crippen LogP contribution in [0.2, 0.25) is 0 Å². The number of fused-ring (bicyclic) bond motifs is 3. The van der Waals surface area contributed by atoms with Crippen LogP contribution in [0.15, 0.2) is 41.6 Å². The molecule has 2 heterocycles. The standard InChI is InChI=1S/C24H26N4O3S/c1-14-10-16(3)23-18(11-14)15(2)12-21-26-27-24(28(21)23)32-9-8-22(29)25-19-7-6-17(30-4)13-20(19)31-5/h6-7,10-13H,8-9H2,1-5H3,(H,25,29). The van der Waals surface area contributed by atoms with E-state index in [0.29, 0.717) is 29.4 Å². The second kappa shape index (κ2) is 9.08. The van der Waals surface area contributed by atoms with Gasteiger partial charge in [0.1, 0.15) is 11.5 Å². The Labute approximate surface area is 191 Å². The van der Waals surface area contributed by atoms with Gasteiger partial charge in [0, 0.05) is 23.6 Å². The van der Waals surface area contributed by atoms with E-state index in [9.17, 15) is 4.79 Å². The van der Waals surface area contributed by atoms with Gasteiger partial charge >= 0.3 is 0 Å². The lowest BCUT2D eigenvalue weighted by Crippen LogP contribution is -2.13. The summed E-state index contributed by atoms with van der Waals surface area (Å²) in [7, 11) is 3.15. The molecule has 0 radical (unpaired) electrons. The number of nitrogens with one attached hydrogen (secondary N) is 1. The van der Waals surface area contributed by atoms with Crippen molar-refractivity contribution in [2.45, 2.75) is 32.3 Å². The molecule has 1 N–H and O–H groups in total. The van der Waals surface area contributed by atoms with Crippen LogP contribution in [0.4, 0.5) is 5.69 Å². The Morgan fingerprint density at radius 1 is 1.03 bits per heavy atom. The molecule has 8 heteroatoms. The van der Waals surface area contributed by atoms with Crippen molar-refractivity contribution in [3.05, 3.63) is 53.1 Å². The van der Waals surface area contributed by atoms with Gasteiger partial charge in [-0.05, 0) is 56.2 Å². The van der Waals surface area contributed by atoms with Crippen molar-refractivity contribution in [2.75, 3.05) is 25.3 Å². The van der Waals surface area contributed by atoms with Crippen LogP contribution in [0.1, 0.15) is 23.1 Å². The summed E-state index contributed by atoms with van der Waals surface area (Å²) < 4.78 is 12.6. The Kier molecular flexibility index (Phi) is 6.23. The smallest absolute Gasteiger partial charge is 0.225 e. The number of rotatable bonds is 7. The van der Waals surface area contributed by atoms with Gasteiger partial charge in [0.25, 0.3) is 0 Å². The SMILES string of the molecule is COc1ccc(NC(=O)CCSc2nnc3cc(C)c4cc(C)cc(C)c4n23)c(OC)c1. The van der Waals surface area contributed by atoms with Crippen LogP contribution in [0.5, 0.6) is 11.5 Å². The zero-order valence-corrected chi connectivity index (χ0v) is 19.7. The van der Waals surface area contributed by atoms with Crippen molar-refractivity contribution >= 4 is 39.9 Å². The molecule has 2 aromatic carbocycles. The molecule has 0 bridgehead atoms. The molecule has 0 saturated carbocycles. The van der Waals surface area contributed by atoms with E-state index in [1.54, 1.807) is 32.4 Å². The van der Waals surface area contributed by atoms with Gasteiger partial charge < -0.3 is 14.8 Å². The van der Waals surface area contributed by atoms with Crippen LogP contribution in [0.3, 0.4) is 0 Å². The van der Waals surface area contributed by atoms with Crippen molar-refractivity contribution in [1.29, 1.82) is 0 Å². The lowest BCUT2D eigenvalue weighted by Gasteiger charge is -2.12. The number of methoxy groups -OCH3 is 2. The predicted octanol–water partition coefficient (Wildman–Crippen LogP) is 4.95. The highest BCUT2D eigenvalue weighted by Crippen LogP contribution is 2.31. The summed E-state index contributed by atoms with van der Waals surface area (Å²) in [5, 5.41) is 13.6. The first-order chi connectivity index (χ1) is 15.4. The van der Waals surface area contributed by atoms with Crippen LogP contribution >= 0.6 is 11.8 Å². The Morgan fingerprint density at radius 3 is 2.59 bits per heavy atom. The molecule has 0 saturated heterocycles. The number of ether oxygens (including phenoxy) is 2. The number of amides is 1. The number of hydrogen-bond acceptors (Lipinski definition) is 6. The maximum Gasteiger partial charge on any atom is 0.225 e. The summed E-state index contributed by atoms with van der Waals surface area (Å²) >= 11 is 1.52. The van der Waals surface area contributed by atoms with Crippen LogP contribution in [-0.2, 0) is 4.79 Å². The van der Waals surface area contributed by atoms with Crippen molar-refractivity contribution in [3.63, 3.8) is 0 Å². The van der Waals surface area contributed by atoms with Crippen LogP contribution in [0, 0.1) is 20.8 Å². The summed E-state index contributed by atoms with van der Waals surface area (Å²) in [6.07, 6.45) is 0.330. The van der Waals surface area contributed by atoms with Crippen molar-refractivity contribution in [1.82, 2.24) is 14.6 Å². The van der Waals surface area contributed by atoms with Crippen molar-refractivity contribution in [3.8, 4) is 11.5 Å². The molecular formula is C24H26N4O3S. The summed E-state index contributed by atoms with van der Waals surface area (Å²) in [6.45, 7) is 6.31. The number of anilines is 1. The van der Waals surface area contributed by atoms with E-state index < -0.39 is 0 Å². The molecule has 0 atom stereocenters. The lowest BCUT2D eigenvalue weighted by molar-refractivity contribution is -0.115. The summed E-state index contributed by atoms with van der Waals surface area (Å²) in [6, 6.07) is 11.7. The Hall–Kier alpha value is -3.26. The van der Waals surface area contributed by atoms with E-state index in [1.807, 2.05) is 0 Å². The highest BCUT2D eigenvalue weighted by atomic mass is 32.2. The molecule has 0 spiro atoms.